The summed E-state index contributed by atoms with van der Waals surface area (Å²) in [6.45, 7) is 1.28. The first-order valence-corrected chi connectivity index (χ1v) is 5.50. The average molecular weight is 255 g/mol. The average Bonchev–Trinajstić information content (AvgIpc) is 2.78. The maximum Gasteiger partial charge on any atom is 0.143 e. The second kappa shape index (κ2) is 5.05. The van der Waals surface area contributed by atoms with Crippen molar-refractivity contribution in [1.29, 1.82) is 0 Å². The molecule has 1 aromatic heterocycles. The van der Waals surface area contributed by atoms with Crippen LogP contribution in [0.1, 0.15) is 0 Å². The van der Waals surface area contributed by atoms with Gasteiger partial charge >= 0.3 is 0 Å². The van der Waals surface area contributed by atoms with Gasteiger partial charge in [0.2, 0.25) is 0 Å². The maximum absolute atomic E-state index is 13.2. The standard InChI is InChI=1S/C11H12ClFN4/c12-8-6-10(14)11(7-9(8)13)15-3-5-17-4-1-2-16-17/h1-2,4,6-7,15H,3,5,14H2. The van der Waals surface area contributed by atoms with Gasteiger partial charge in [-0.15, -0.1) is 0 Å². The third-order valence-electron chi connectivity index (χ3n) is 2.31. The number of nitrogens with zero attached hydrogens (tertiary/aromatic N) is 2. The molecule has 0 fully saturated rings. The highest BCUT2D eigenvalue weighted by Crippen LogP contribution is 2.25. The summed E-state index contributed by atoms with van der Waals surface area (Å²) in [6.07, 6.45) is 3.56. The molecule has 0 saturated carbocycles. The first-order valence-electron chi connectivity index (χ1n) is 5.12. The molecule has 90 valence electrons. The van der Waals surface area contributed by atoms with E-state index in [0.717, 1.165) is 0 Å². The molecule has 2 rings (SSSR count). The van der Waals surface area contributed by atoms with Gasteiger partial charge in [0.15, 0.2) is 0 Å². The number of hydrogen-bond donors (Lipinski definition) is 2. The first-order chi connectivity index (χ1) is 8.16. The summed E-state index contributed by atoms with van der Waals surface area (Å²) < 4.78 is 15.0. The number of benzene rings is 1. The van der Waals surface area contributed by atoms with Gasteiger partial charge in [-0.05, 0) is 12.1 Å². The molecule has 0 saturated heterocycles. The van der Waals surface area contributed by atoms with Crippen LogP contribution < -0.4 is 11.1 Å². The fourth-order valence-electron chi connectivity index (χ4n) is 1.45. The minimum Gasteiger partial charge on any atom is -0.397 e. The van der Waals surface area contributed by atoms with Gasteiger partial charge in [0.25, 0.3) is 0 Å². The molecule has 0 aliphatic rings. The molecule has 0 radical (unpaired) electrons. The molecule has 4 nitrogen and oxygen atoms in total. The third-order valence-corrected chi connectivity index (χ3v) is 2.60. The second-order valence-corrected chi connectivity index (χ2v) is 3.96. The van der Waals surface area contributed by atoms with Gasteiger partial charge in [0.05, 0.1) is 22.9 Å². The molecule has 0 aliphatic carbocycles. The number of halogens is 2. The molecular weight excluding hydrogens is 243 g/mol. The van der Waals surface area contributed by atoms with Crippen LogP contribution in [-0.4, -0.2) is 16.3 Å². The van der Waals surface area contributed by atoms with Crippen molar-refractivity contribution >= 4 is 23.0 Å². The van der Waals surface area contributed by atoms with Crippen LogP contribution in [0.2, 0.25) is 5.02 Å². The molecule has 0 amide bonds. The normalized spacial score (nSPS) is 10.5. The number of rotatable bonds is 4. The van der Waals surface area contributed by atoms with Gasteiger partial charge < -0.3 is 11.1 Å². The summed E-state index contributed by atoms with van der Waals surface area (Å²) in [7, 11) is 0. The first kappa shape index (κ1) is 11.7. The molecule has 17 heavy (non-hydrogen) atoms. The molecule has 0 atom stereocenters. The highest BCUT2D eigenvalue weighted by molar-refractivity contribution is 6.31. The predicted octanol–water partition coefficient (Wildman–Crippen LogP) is 2.37. The SMILES string of the molecule is Nc1cc(Cl)c(F)cc1NCCn1cccn1. The van der Waals surface area contributed by atoms with Crippen molar-refractivity contribution in [2.75, 3.05) is 17.6 Å². The highest BCUT2D eigenvalue weighted by Gasteiger charge is 2.05. The molecule has 0 spiro atoms. The Morgan fingerprint density at radius 1 is 1.47 bits per heavy atom. The van der Waals surface area contributed by atoms with E-state index in [9.17, 15) is 4.39 Å². The Kier molecular flexibility index (Phi) is 3.49. The fourth-order valence-corrected chi connectivity index (χ4v) is 1.63. The number of nitrogen functional groups attached to an aromatic ring is 1. The fraction of sp³-hybridized carbons (Fsp3) is 0.182. The Balaban J connectivity index is 1.97. The lowest BCUT2D eigenvalue weighted by atomic mass is 10.2. The van der Waals surface area contributed by atoms with Crippen molar-refractivity contribution in [3.05, 3.63) is 41.4 Å². The van der Waals surface area contributed by atoms with E-state index < -0.39 is 5.82 Å². The summed E-state index contributed by atoms with van der Waals surface area (Å²) in [5, 5.41) is 7.11. The molecule has 2 aromatic rings. The lowest BCUT2D eigenvalue weighted by Crippen LogP contribution is -2.12. The van der Waals surface area contributed by atoms with Crippen LogP contribution in [-0.2, 0) is 6.54 Å². The molecular formula is C11H12ClFN4. The highest BCUT2D eigenvalue weighted by atomic mass is 35.5. The van der Waals surface area contributed by atoms with E-state index >= 15 is 0 Å². The van der Waals surface area contributed by atoms with Crippen molar-refractivity contribution < 1.29 is 4.39 Å². The van der Waals surface area contributed by atoms with E-state index in [4.69, 9.17) is 17.3 Å². The Labute approximate surface area is 103 Å². The molecule has 0 bridgehead atoms. The molecule has 0 unspecified atom stereocenters. The molecule has 1 aromatic carbocycles. The van der Waals surface area contributed by atoms with Crippen LogP contribution in [0, 0.1) is 5.82 Å². The van der Waals surface area contributed by atoms with Crippen LogP contribution >= 0.6 is 11.6 Å². The van der Waals surface area contributed by atoms with Crippen LogP contribution in [0.4, 0.5) is 15.8 Å². The van der Waals surface area contributed by atoms with Crippen molar-refractivity contribution in [2.24, 2.45) is 0 Å². The van der Waals surface area contributed by atoms with Gasteiger partial charge in [0.1, 0.15) is 5.82 Å². The predicted molar refractivity (Wildman–Crippen MR) is 66.5 cm³/mol. The van der Waals surface area contributed by atoms with Gasteiger partial charge in [-0.1, -0.05) is 11.6 Å². The van der Waals surface area contributed by atoms with Gasteiger partial charge in [0, 0.05) is 25.0 Å². The lowest BCUT2D eigenvalue weighted by Gasteiger charge is -2.10. The van der Waals surface area contributed by atoms with Crippen LogP contribution in [0.3, 0.4) is 0 Å². The van der Waals surface area contributed by atoms with E-state index in [1.54, 1.807) is 10.9 Å². The van der Waals surface area contributed by atoms with E-state index in [0.29, 0.717) is 24.5 Å². The van der Waals surface area contributed by atoms with Crippen LogP contribution in [0.15, 0.2) is 30.6 Å². The molecule has 1 heterocycles. The number of aromatic nitrogens is 2. The maximum atomic E-state index is 13.2. The zero-order valence-corrected chi connectivity index (χ0v) is 9.78. The van der Waals surface area contributed by atoms with Crippen molar-refractivity contribution in [2.45, 2.75) is 6.54 Å². The summed E-state index contributed by atoms with van der Waals surface area (Å²) in [5.41, 5.74) is 6.68. The number of anilines is 2. The number of hydrogen-bond acceptors (Lipinski definition) is 3. The monoisotopic (exact) mass is 254 g/mol. The Hall–Kier alpha value is -1.75. The summed E-state index contributed by atoms with van der Waals surface area (Å²) in [5.74, 6) is -0.484. The van der Waals surface area contributed by atoms with Crippen molar-refractivity contribution in [3.63, 3.8) is 0 Å². The summed E-state index contributed by atoms with van der Waals surface area (Å²) in [6, 6.07) is 4.53. The van der Waals surface area contributed by atoms with E-state index in [1.807, 2.05) is 12.3 Å². The third kappa shape index (κ3) is 2.88. The van der Waals surface area contributed by atoms with Crippen LogP contribution in [0.25, 0.3) is 0 Å². The van der Waals surface area contributed by atoms with Crippen molar-refractivity contribution in [1.82, 2.24) is 9.78 Å². The molecule has 0 aliphatic heterocycles. The lowest BCUT2D eigenvalue weighted by molar-refractivity contribution is 0.626. The summed E-state index contributed by atoms with van der Waals surface area (Å²) in [4.78, 5) is 0. The molecule has 3 N–H and O–H groups in total. The van der Waals surface area contributed by atoms with Crippen LogP contribution in [0.5, 0.6) is 0 Å². The number of nitrogens with two attached hydrogens (primary N) is 1. The summed E-state index contributed by atoms with van der Waals surface area (Å²) >= 11 is 5.60. The second-order valence-electron chi connectivity index (χ2n) is 3.55. The van der Waals surface area contributed by atoms with E-state index in [2.05, 4.69) is 10.4 Å². The minimum absolute atomic E-state index is 0.0279. The van der Waals surface area contributed by atoms with E-state index in [1.165, 1.54) is 12.1 Å². The van der Waals surface area contributed by atoms with Gasteiger partial charge in [-0.3, -0.25) is 4.68 Å². The minimum atomic E-state index is -0.484. The topological polar surface area (TPSA) is 55.9 Å². The van der Waals surface area contributed by atoms with Crippen molar-refractivity contribution in [3.8, 4) is 0 Å². The Morgan fingerprint density at radius 2 is 2.29 bits per heavy atom. The van der Waals surface area contributed by atoms with Gasteiger partial charge in [-0.25, -0.2) is 4.39 Å². The largest absolute Gasteiger partial charge is 0.397 e. The zero-order chi connectivity index (χ0) is 12.3. The quantitative estimate of drug-likeness (QED) is 0.824. The Bertz CT molecular complexity index is 498. The zero-order valence-electron chi connectivity index (χ0n) is 9.03. The Morgan fingerprint density at radius 3 is 3.00 bits per heavy atom. The smallest absolute Gasteiger partial charge is 0.143 e. The van der Waals surface area contributed by atoms with E-state index in [-0.39, 0.29) is 5.02 Å². The number of nitrogens with one attached hydrogen (secondary N) is 1. The van der Waals surface area contributed by atoms with Gasteiger partial charge in [-0.2, -0.15) is 5.10 Å². The molecule has 6 heteroatoms.